The normalized spacial score (nSPS) is 10.2. The van der Waals surface area contributed by atoms with E-state index >= 15 is 0 Å². The van der Waals surface area contributed by atoms with E-state index in [0.29, 0.717) is 30.4 Å². The van der Waals surface area contributed by atoms with Gasteiger partial charge in [-0.3, -0.25) is 14.4 Å². The Bertz CT molecular complexity index is 569. The van der Waals surface area contributed by atoms with Crippen molar-refractivity contribution in [3.8, 4) is 5.75 Å². The Morgan fingerprint density at radius 1 is 1.08 bits per heavy atom. The Morgan fingerprint density at radius 3 is 2.36 bits per heavy atom. The molecule has 0 saturated carbocycles. The summed E-state index contributed by atoms with van der Waals surface area (Å²) in [6.07, 6.45) is 0.859. The molecule has 7 nitrogen and oxygen atoms in total. The van der Waals surface area contributed by atoms with Crippen LogP contribution >= 0.6 is 0 Å². The summed E-state index contributed by atoms with van der Waals surface area (Å²) in [6.45, 7) is 6.42. The molecule has 0 aromatic heterocycles. The van der Waals surface area contributed by atoms with Gasteiger partial charge in [-0.25, -0.2) is 0 Å². The molecule has 138 valence electrons. The summed E-state index contributed by atoms with van der Waals surface area (Å²) in [6, 6.07) is 6.57. The number of esters is 1. The maximum atomic E-state index is 11.9. The summed E-state index contributed by atoms with van der Waals surface area (Å²) >= 11 is 0. The molecule has 0 aliphatic heterocycles. The number of rotatable bonds is 10. The second kappa shape index (κ2) is 11.1. The van der Waals surface area contributed by atoms with Crippen LogP contribution in [0.1, 0.15) is 37.6 Å². The van der Waals surface area contributed by atoms with Gasteiger partial charge in [0.25, 0.3) is 11.8 Å². The van der Waals surface area contributed by atoms with E-state index in [-0.39, 0.29) is 19.1 Å². The van der Waals surface area contributed by atoms with Crippen molar-refractivity contribution < 1.29 is 23.9 Å². The van der Waals surface area contributed by atoms with Gasteiger partial charge in [-0.2, -0.15) is 0 Å². The van der Waals surface area contributed by atoms with Crippen LogP contribution in [-0.4, -0.2) is 44.1 Å². The van der Waals surface area contributed by atoms with E-state index in [4.69, 9.17) is 9.47 Å². The second-order valence-electron chi connectivity index (χ2n) is 5.83. The van der Waals surface area contributed by atoms with E-state index in [1.807, 2.05) is 6.92 Å². The summed E-state index contributed by atoms with van der Waals surface area (Å²) in [5, 5.41) is 5.11. The molecule has 2 amide bonds. The van der Waals surface area contributed by atoms with Gasteiger partial charge in [-0.1, -0.05) is 13.8 Å². The number of carbonyl (C=O) groups excluding carboxylic acids is 3. The maximum absolute atomic E-state index is 11.9. The van der Waals surface area contributed by atoms with E-state index in [2.05, 4.69) is 24.5 Å². The van der Waals surface area contributed by atoms with Crippen LogP contribution in [0, 0.1) is 5.92 Å². The monoisotopic (exact) mass is 350 g/mol. The lowest BCUT2D eigenvalue weighted by molar-refractivity contribution is -0.147. The van der Waals surface area contributed by atoms with E-state index in [9.17, 15) is 14.4 Å². The highest BCUT2D eigenvalue weighted by Gasteiger charge is 2.11. The molecule has 0 heterocycles. The minimum Gasteiger partial charge on any atom is -0.494 e. The van der Waals surface area contributed by atoms with Crippen LogP contribution in [0.15, 0.2) is 24.3 Å². The molecule has 1 aromatic carbocycles. The van der Waals surface area contributed by atoms with E-state index < -0.39 is 11.9 Å². The van der Waals surface area contributed by atoms with Gasteiger partial charge < -0.3 is 20.1 Å². The highest BCUT2D eigenvalue weighted by Crippen LogP contribution is 2.11. The maximum Gasteiger partial charge on any atom is 0.325 e. The predicted molar refractivity (Wildman–Crippen MR) is 93.4 cm³/mol. The highest BCUT2D eigenvalue weighted by molar-refractivity contribution is 5.96. The molecule has 0 saturated heterocycles. The van der Waals surface area contributed by atoms with Gasteiger partial charge in [0.05, 0.1) is 6.61 Å². The largest absolute Gasteiger partial charge is 0.494 e. The summed E-state index contributed by atoms with van der Waals surface area (Å²) in [5.74, 6) is -0.269. The van der Waals surface area contributed by atoms with Gasteiger partial charge in [-0.05, 0) is 43.5 Å². The van der Waals surface area contributed by atoms with Gasteiger partial charge in [0.15, 0.2) is 6.61 Å². The van der Waals surface area contributed by atoms with Crippen molar-refractivity contribution in [3.05, 3.63) is 29.8 Å². The summed E-state index contributed by atoms with van der Waals surface area (Å²) < 4.78 is 10.1. The Kier molecular flexibility index (Phi) is 9.06. The molecule has 0 bridgehead atoms. The molecule has 0 spiro atoms. The number of amides is 2. The third kappa shape index (κ3) is 8.74. The smallest absolute Gasteiger partial charge is 0.325 e. The lowest BCUT2D eigenvalue weighted by Gasteiger charge is -2.09. The highest BCUT2D eigenvalue weighted by atomic mass is 16.5. The number of nitrogens with one attached hydrogen (secondary N) is 2. The van der Waals surface area contributed by atoms with Gasteiger partial charge in [0.2, 0.25) is 0 Å². The molecule has 0 radical (unpaired) electrons. The lowest BCUT2D eigenvalue weighted by atomic mass is 10.1. The van der Waals surface area contributed by atoms with Crippen molar-refractivity contribution >= 4 is 17.8 Å². The molecule has 1 aromatic rings. The Hall–Kier alpha value is -2.57. The second-order valence-corrected chi connectivity index (χ2v) is 5.83. The topological polar surface area (TPSA) is 93.7 Å². The van der Waals surface area contributed by atoms with Crippen molar-refractivity contribution in [2.24, 2.45) is 5.92 Å². The zero-order chi connectivity index (χ0) is 18.7. The summed E-state index contributed by atoms with van der Waals surface area (Å²) in [4.78, 5) is 35.0. The minimum absolute atomic E-state index is 0.300. The zero-order valence-electron chi connectivity index (χ0n) is 15.0. The first-order valence-electron chi connectivity index (χ1n) is 8.35. The molecule has 0 unspecified atom stereocenters. The molecule has 0 fully saturated rings. The van der Waals surface area contributed by atoms with Crippen LogP contribution in [0.5, 0.6) is 5.75 Å². The first-order valence-corrected chi connectivity index (χ1v) is 8.35. The first kappa shape index (κ1) is 20.5. The van der Waals surface area contributed by atoms with Gasteiger partial charge >= 0.3 is 5.97 Å². The summed E-state index contributed by atoms with van der Waals surface area (Å²) in [7, 11) is 0. The van der Waals surface area contributed by atoms with E-state index in [0.717, 1.165) is 6.42 Å². The van der Waals surface area contributed by atoms with Crippen molar-refractivity contribution in [2.45, 2.75) is 27.2 Å². The SMILES string of the molecule is CCOc1ccc(C(=O)NCC(=O)OCC(=O)NCCC(C)C)cc1. The summed E-state index contributed by atoms with van der Waals surface area (Å²) in [5.41, 5.74) is 0.405. The standard InChI is InChI=1S/C18H26N2O5/c1-4-24-15-7-5-14(6-8-15)18(23)20-11-17(22)25-12-16(21)19-10-9-13(2)3/h5-8,13H,4,9-12H2,1-3H3,(H,19,21)(H,20,23). The Morgan fingerprint density at radius 2 is 1.76 bits per heavy atom. The Balaban J connectivity index is 2.26. The van der Waals surface area contributed by atoms with Crippen molar-refractivity contribution in [1.29, 1.82) is 0 Å². The van der Waals surface area contributed by atoms with Crippen LogP contribution < -0.4 is 15.4 Å². The first-order chi connectivity index (χ1) is 11.9. The number of benzene rings is 1. The zero-order valence-corrected chi connectivity index (χ0v) is 15.0. The van der Waals surface area contributed by atoms with Crippen LogP contribution in [-0.2, 0) is 14.3 Å². The van der Waals surface area contributed by atoms with Crippen molar-refractivity contribution in [1.82, 2.24) is 10.6 Å². The van der Waals surface area contributed by atoms with Crippen LogP contribution in [0.25, 0.3) is 0 Å². The molecule has 1 rings (SSSR count). The fraction of sp³-hybridized carbons (Fsp3) is 0.500. The third-order valence-electron chi connectivity index (χ3n) is 3.23. The molecule has 7 heteroatoms. The molecule has 0 aliphatic rings. The number of ether oxygens (including phenoxy) is 2. The fourth-order valence-electron chi connectivity index (χ4n) is 1.87. The lowest BCUT2D eigenvalue weighted by Crippen LogP contribution is -2.34. The fourth-order valence-corrected chi connectivity index (χ4v) is 1.87. The van der Waals surface area contributed by atoms with E-state index in [1.165, 1.54) is 0 Å². The molecule has 0 atom stereocenters. The average Bonchev–Trinajstić information content (AvgIpc) is 2.58. The third-order valence-corrected chi connectivity index (χ3v) is 3.23. The molecule has 0 aliphatic carbocycles. The molecular weight excluding hydrogens is 324 g/mol. The van der Waals surface area contributed by atoms with Crippen LogP contribution in [0.4, 0.5) is 0 Å². The number of carbonyl (C=O) groups is 3. The van der Waals surface area contributed by atoms with Crippen LogP contribution in [0.3, 0.4) is 0 Å². The van der Waals surface area contributed by atoms with Gasteiger partial charge in [0.1, 0.15) is 12.3 Å². The Labute approximate surface area is 148 Å². The minimum atomic E-state index is -0.668. The van der Waals surface area contributed by atoms with E-state index in [1.54, 1.807) is 24.3 Å². The molecule has 2 N–H and O–H groups in total. The number of hydrogen-bond acceptors (Lipinski definition) is 5. The average molecular weight is 350 g/mol. The van der Waals surface area contributed by atoms with Crippen molar-refractivity contribution in [3.63, 3.8) is 0 Å². The predicted octanol–water partition coefficient (Wildman–Crippen LogP) is 1.52. The van der Waals surface area contributed by atoms with Gasteiger partial charge in [-0.15, -0.1) is 0 Å². The number of hydrogen-bond donors (Lipinski definition) is 2. The van der Waals surface area contributed by atoms with Crippen LogP contribution in [0.2, 0.25) is 0 Å². The van der Waals surface area contributed by atoms with Crippen molar-refractivity contribution in [2.75, 3.05) is 26.3 Å². The molecule has 25 heavy (non-hydrogen) atoms. The van der Waals surface area contributed by atoms with Gasteiger partial charge in [0, 0.05) is 12.1 Å². The molecular formula is C18H26N2O5. The quantitative estimate of drug-likeness (QED) is 0.624.